The van der Waals surface area contributed by atoms with Gasteiger partial charge in [-0.2, -0.15) is 0 Å². The van der Waals surface area contributed by atoms with Crippen LogP contribution in [-0.4, -0.2) is 22.3 Å². The van der Waals surface area contributed by atoms with E-state index >= 15 is 0 Å². The fourth-order valence-corrected chi connectivity index (χ4v) is 2.59. The van der Waals surface area contributed by atoms with Gasteiger partial charge in [0.2, 0.25) is 5.13 Å². The Morgan fingerprint density at radius 1 is 1.35 bits per heavy atom. The maximum Gasteiger partial charge on any atom is 0.210 e. The minimum atomic E-state index is -0.0521. The minimum absolute atomic E-state index is 0.0521. The van der Waals surface area contributed by atoms with Gasteiger partial charge in [0.05, 0.1) is 0 Å². The Kier molecular flexibility index (Phi) is 3.37. The van der Waals surface area contributed by atoms with E-state index in [1.54, 1.807) is 7.11 Å². The number of hydrogen-bond acceptors (Lipinski definition) is 7. The van der Waals surface area contributed by atoms with Crippen molar-refractivity contribution in [2.24, 2.45) is 0 Å². The molecule has 0 aliphatic heterocycles. The third kappa shape index (κ3) is 2.50. The first-order valence-electron chi connectivity index (χ1n) is 6.16. The van der Waals surface area contributed by atoms with Gasteiger partial charge in [-0.05, 0) is 25.1 Å². The molecular weight excluding hydrogens is 276 g/mol. The Hall–Kier alpha value is -1.99. The molecule has 1 atom stereocenters. The first-order chi connectivity index (χ1) is 9.65. The molecule has 3 aromatic rings. The van der Waals surface area contributed by atoms with Gasteiger partial charge in [0.15, 0.2) is 11.5 Å². The van der Waals surface area contributed by atoms with Crippen molar-refractivity contribution in [3.63, 3.8) is 0 Å². The van der Waals surface area contributed by atoms with E-state index in [0.717, 1.165) is 26.9 Å². The highest BCUT2D eigenvalue weighted by Gasteiger charge is 2.11. The molecule has 0 spiro atoms. The summed E-state index contributed by atoms with van der Waals surface area (Å²) in [6, 6.07) is 5.73. The lowest BCUT2D eigenvalue weighted by Crippen LogP contribution is -1.93. The lowest BCUT2D eigenvalue weighted by Gasteiger charge is -2.03. The van der Waals surface area contributed by atoms with Gasteiger partial charge < -0.3 is 14.5 Å². The second kappa shape index (κ2) is 5.18. The molecule has 6 nitrogen and oxygen atoms in total. The predicted octanol–water partition coefficient (Wildman–Crippen LogP) is 3.44. The number of methoxy groups -OCH3 is 1. The third-order valence-corrected chi connectivity index (χ3v) is 3.89. The second-order valence-electron chi connectivity index (χ2n) is 4.36. The van der Waals surface area contributed by atoms with Gasteiger partial charge in [0, 0.05) is 19.7 Å². The van der Waals surface area contributed by atoms with E-state index in [1.165, 1.54) is 11.3 Å². The molecule has 0 aliphatic carbocycles. The summed E-state index contributed by atoms with van der Waals surface area (Å²) >= 11 is 1.47. The van der Waals surface area contributed by atoms with Gasteiger partial charge >= 0.3 is 0 Å². The molecule has 2 aromatic heterocycles. The first-order valence-corrected chi connectivity index (χ1v) is 6.98. The van der Waals surface area contributed by atoms with Crippen molar-refractivity contribution in [3.8, 4) is 0 Å². The van der Waals surface area contributed by atoms with Crippen LogP contribution in [0.25, 0.3) is 11.1 Å². The van der Waals surface area contributed by atoms with Gasteiger partial charge in [-0.25, -0.2) is 4.98 Å². The zero-order chi connectivity index (χ0) is 14.1. The molecule has 0 amide bonds. The van der Waals surface area contributed by atoms with E-state index in [-0.39, 0.29) is 6.10 Å². The molecule has 0 fully saturated rings. The Labute approximate surface area is 119 Å². The summed E-state index contributed by atoms with van der Waals surface area (Å²) < 4.78 is 10.7. The van der Waals surface area contributed by atoms with Crippen molar-refractivity contribution in [1.29, 1.82) is 0 Å². The first kappa shape index (κ1) is 13.0. The number of hydrogen-bond donors (Lipinski definition) is 1. The summed E-state index contributed by atoms with van der Waals surface area (Å²) in [5.74, 6) is 0.657. The number of fused-ring (bicyclic) bond motifs is 1. The molecule has 104 valence electrons. The van der Waals surface area contributed by atoms with E-state index in [1.807, 2.05) is 32.0 Å². The smallest absolute Gasteiger partial charge is 0.210 e. The van der Waals surface area contributed by atoms with E-state index in [4.69, 9.17) is 9.15 Å². The minimum Gasteiger partial charge on any atom is -0.441 e. The van der Waals surface area contributed by atoms with Gasteiger partial charge in [0.1, 0.15) is 16.6 Å². The highest BCUT2D eigenvalue weighted by Crippen LogP contribution is 2.27. The zero-order valence-corrected chi connectivity index (χ0v) is 12.2. The van der Waals surface area contributed by atoms with Crippen LogP contribution in [0.3, 0.4) is 0 Å². The molecule has 0 aliphatic rings. The molecule has 1 N–H and O–H groups in total. The summed E-state index contributed by atoms with van der Waals surface area (Å²) in [6.45, 7) is 3.77. The zero-order valence-electron chi connectivity index (χ0n) is 11.4. The standard InChI is InChI=1S/C13H14N4O2S/c1-7(18-3)12-16-17-13(20-12)15-9-4-5-11-10(6-9)14-8(2)19-11/h4-7H,1-3H3,(H,15,17). The highest BCUT2D eigenvalue weighted by molar-refractivity contribution is 7.15. The van der Waals surface area contributed by atoms with Crippen LogP contribution in [0.2, 0.25) is 0 Å². The molecule has 0 saturated heterocycles. The summed E-state index contributed by atoms with van der Waals surface area (Å²) in [7, 11) is 1.65. The molecule has 20 heavy (non-hydrogen) atoms. The number of anilines is 2. The number of oxazole rings is 1. The van der Waals surface area contributed by atoms with E-state index < -0.39 is 0 Å². The summed E-state index contributed by atoms with van der Waals surface area (Å²) in [5, 5.41) is 13.0. The normalized spacial score (nSPS) is 12.8. The highest BCUT2D eigenvalue weighted by atomic mass is 32.1. The van der Waals surface area contributed by atoms with E-state index in [2.05, 4.69) is 20.5 Å². The molecule has 1 aromatic carbocycles. The van der Waals surface area contributed by atoms with Crippen molar-refractivity contribution in [2.75, 3.05) is 12.4 Å². The predicted molar refractivity (Wildman–Crippen MR) is 77.4 cm³/mol. The van der Waals surface area contributed by atoms with Gasteiger partial charge in [-0.15, -0.1) is 10.2 Å². The van der Waals surface area contributed by atoms with Crippen LogP contribution in [0.4, 0.5) is 10.8 Å². The Morgan fingerprint density at radius 2 is 2.20 bits per heavy atom. The monoisotopic (exact) mass is 290 g/mol. The second-order valence-corrected chi connectivity index (χ2v) is 5.37. The number of benzene rings is 1. The van der Waals surface area contributed by atoms with Crippen molar-refractivity contribution >= 4 is 33.3 Å². The van der Waals surface area contributed by atoms with Crippen LogP contribution in [0, 0.1) is 6.92 Å². The lowest BCUT2D eigenvalue weighted by atomic mass is 10.3. The van der Waals surface area contributed by atoms with Crippen molar-refractivity contribution in [1.82, 2.24) is 15.2 Å². The van der Waals surface area contributed by atoms with Crippen molar-refractivity contribution in [3.05, 3.63) is 29.1 Å². The van der Waals surface area contributed by atoms with E-state index in [0.29, 0.717) is 5.89 Å². The van der Waals surface area contributed by atoms with E-state index in [9.17, 15) is 0 Å². The van der Waals surface area contributed by atoms with Crippen LogP contribution < -0.4 is 5.32 Å². The average Bonchev–Trinajstić information content (AvgIpc) is 3.03. The van der Waals surface area contributed by atoms with Crippen molar-refractivity contribution in [2.45, 2.75) is 20.0 Å². The van der Waals surface area contributed by atoms with Gasteiger partial charge in [-0.1, -0.05) is 11.3 Å². The topological polar surface area (TPSA) is 73.1 Å². The quantitative estimate of drug-likeness (QED) is 0.793. The Bertz CT molecular complexity index is 737. The SMILES string of the molecule is COC(C)c1nnc(Nc2ccc3oc(C)nc3c2)s1. The largest absolute Gasteiger partial charge is 0.441 e. The average molecular weight is 290 g/mol. The van der Waals surface area contributed by atoms with Gasteiger partial charge in [-0.3, -0.25) is 0 Å². The summed E-state index contributed by atoms with van der Waals surface area (Å²) in [4.78, 5) is 4.30. The van der Waals surface area contributed by atoms with Crippen molar-refractivity contribution < 1.29 is 9.15 Å². The van der Waals surface area contributed by atoms with Crippen LogP contribution in [0.15, 0.2) is 22.6 Å². The van der Waals surface area contributed by atoms with Crippen LogP contribution in [0.5, 0.6) is 0 Å². The number of rotatable bonds is 4. The molecule has 2 heterocycles. The third-order valence-electron chi connectivity index (χ3n) is 2.89. The maximum atomic E-state index is 5.44. The Morgan fingerprint density at radius 3 is 3.00 bits per heavy atom. The summed E-state index contributed by atoms with van der Waals surface area (Å²) in [5.41, 5.74) is 2.50. The van der Waals surface area contributed by atoms with Crippen LogP contribution >= 0.6 is 11.3 Å². The molecule has 3 rings (SSSR count). The maximum absolute atomic E-state index is 5.44. The number of nitrogens with zero attached hydrogens (tertiary/aromatic N) is 3. The number of aryl methyl sites for hydroxylation is 1. The molecular formula is C13H14N4O2S. The van der Waals surface area contributed by atoms with Gasteiger partial charge in [0.25, 0.3) is 0 Å². The molecule has 1 unspecified atom stereocenters. The fraction of sp³-hybridized carbons (Fsp3) is 0.308. The lowest BCUT2D eigenvalue weighted by molar-refractivity contribution is 0.118. The number of nitrogens with one attached hydrogen (secondary N) is 1. The number of ether oxygens (including phenoxy) is 1. The van der Waals surface area contributed by atoms with Crippen LogP contribution in [0.1, 0.15) is 23.9 Å². The molecule has 0 bridgehead atoms. The molecule has 0 radical (unpaired) electrons. The van der Waals surface area contributed by atoms with Crippen LogP contribution in [-0.2, 0) is 4.74 Å². The Balaban J connectivity index is 1.83. The number of aromatic nitrogens is 3. The molecule has 0 saturated carbocycles. The summed E-state index contributed by atoms with van der Waals surface area (Å²) in [6.07, 6.45) is -0.0521. The fourth-order valence-electron chi connectivity index (χ4n) is 1.79. The molecule has 7 heteroatoms.